The van der Waals surface area contributed by atoms with Gasteiger partial charge in [0.1, 0.15) is 23.7 Å². The largest absolute Gasteiger partial charge is 0.492 e. The molecular formula is C28H33ClFN3O5. The normalized spacial score (nSPS) is 15.2. The Morgan fingerprint density at radius 3 is 2.61 bits per heavy atom. The summed E-state index contributed by atoms with van der Waals surface area (Å²) < 4.78 is 22.7. The number of rotatable bonds is 10. The summed E-state index contributed by atoms with van der Waals surface area (Å²) >= 11 is 6.01. The molecule has 1 saturated heterocycles. The van der Waals surface area contributed by atoms with Crippen LogP contribution in [0.3, 0.4) is 0 Å². The van der Waals surface area contributed by atoms with Gasteiger partial charge in [-0.15, -0.1) is 0 Å². The number of benzene rings is 2. The van der Waals surface area contributed by atoms with Gasteiger partial charge in [-0.2, -0.15) is 0 Å². The number of carboxylic acid groups (broad SMARTS) is 1. The number of aliphatic hydroxyl groups excluding tert-OH is 1. The fourth-order valence-corrected chi connectivity index (χ4v) is 5.04. The van der Waals surface area contributed by atoms with E-state index in [1.165, 1.54) is 12.3 Å². The number of nitrogens with one attached hydrogen (secondary N) is 1. The quantitative estimate of drug-likeness (QED) is 0.358. The molecule has 0 bridgehead atoms. The fourth-order valence-electron chi connectivity index (χ4n) is 4.85. The number of hydrogen-bond donors (Lipinski definition) is 3. The lowest BCUT2D eigenvalue weighted by Gasteiger charge is -2.27. The number of aliphatic hydroxyl groups is 1. The second-order valence-corrected chi connectivity index (χ2v) is 10.3. The Labute approximate surface area is 225 Å². The van der Waals surface area contributed by atoms with E-state index in [-0.39, 0.29) is 29.4 Å². The molecule has 38 heavy (non-hydrogen) atoms. The number of ether oxygens (including phenoxy) is 1. The average molecular weight is 546 g/mol. The van der Waals surface area contributed by atoms with Crippen molar-refractivity contribution in [2.24, 2.45) is 5.92 Å². The summed E-state index contributed by atoms with van der Waals surface area (Å²) in [6.07, 6.45) is 1.38. The highest BCUT2D eigenvalue weighted by Crippen LogP contribution is 2.32. The van der Waals surface area contributed by atoms with Gasteiger partial charge in [-0.1, -0.05) is 37.6 Å². The lowest BCUT2D eigenvalue weighted by atomic mass is 9.98. The molecule has 1 aromatic heterocycles. The molecular weight excluding hydrogens is 513 g/mol. The van der Waals surface area contributed by atoms with Crippen LogP contribution < -0.4 is 15.5 Å². The Morgan fingerprint density at radius 2 is 1.95 bits per heavy atom. The molecule has 1 aliphatic heterocycles. The minimum Gasteiger partial charge on any atom is -0.492 e. The molecule has 4 rings (SSSR count). The molecule has 8 nitrogen and oxygen atoms in total. The highest BCUT2D eigenvalue weighted by atomic mass is 35.5. The minimum absolute atomic E-state index is 0.0114. The van der Waals surface area contributed by atoms with E-state index in [1.807, 2.05) is 13.8 Å². The molecule has 0 unspecified atom stereocenters. The third-order valence-electron chi connectivity index (χ3n) is 7.05. The summed E-state index contributed by atoms with van der Waals surface area (Å²) in [5.41, 5.74) is 0.262. The molecule has 0 aliphatic carbocycles. The van der Waals surface area contributed by atoms with Gasteiger partial charge >= 0.3 is 5.97 Å². The molecule has 3 aromatic rings. The number of piperazine rings is 1. The number of hydrogen-bond acceptors (Lipinski definition) is 6. The third-order valence-corrected chi connectivity index (χ3v) is 7.34. The average Bonchev–Trinajstić information content (AvgIpc) is 2.89. The number of pyridine rings is 1. The van der Waals surface area contributed by atoms with E-state index < -0.39 is 28.8 Å². The van der Waals surface area contributed by atoms with E-state index in [0.717, 1.165) is 26.2 Å². The van der Waals surface area contributed by atoms with Crippen molar-refractivity contribution in [3.05, 3.63) is 74.3 Å². The molecule has 0 saturated carbocycles. The summed E-state index contributed by atoms with van der Waals surface area (Å²) in [4.78, 5) is 27.5. The van der Waals surface area contributed by atoms with Crippen molar-refractivity contribution in [3.63, 3.8) is 0 Å². The first-order valence-corrected chi connectivity index (χ1v) is 13.1. The lowest BCUT2D eigenvalue weighted by molar-refractivity contribution is 0.0694. The molecule has 1 atom stereocenters. The molecule has 0 amide bonds. The van der Waals surface area contributed by atoms with Crippen LogP contribution >= 0.6 is 11.6 Å². The standard InChI is InChI=1S/C28H33ClFN3O5/c1-17(2)24(16-34)33-15-21(28(36)37)27(35)20-13-19(12-18-4-3-5-22(29)26(18)30)25(14-23(20)33)38-11-10-32-8-6-31-7-9-32/h3-5,13-15,17,24,31,34H,6-12,16H2,1-2H3,(H,36,37)/t24-/m1/s1. The minimum atomic E-state index is -1.36. The van der Waals surface area contributed by atoms with Crippen molar-refractivity contribution in [1.82, 2.24) is 14.8 Å². The zero-order valence-corrected chi connectivity index (χ0v) is 22.3. The Balaban J connectivity index is 1.85. The first-order chi connectivity index (χ1) is 18.2. The highest BCUT2D eigenvalue weighted by molar-refractivity contribution is 6.30. The van der Waals surface area contributed by atoms with Crippen LogP contribution in [0.25, 0.3) is 10.9 Å². The number of fused-ring (bicyclic) bond motifs is 1. The van der Waals surface area contributed by atoms with Crippen molar-refractivity contribution in [1.29, 1.82) is 0 Å². The predicted octanol–water partition coefficient (Wildman–Crippen LogP) is 3.56. The number of nitrogens with zero attached hydrogens (tertiary/aromatic N) is 2. The van der Waals surface area contributed by atoms with E-state index in [0.29, 0.717) is 35.5 Å². The summed E-state index contributed by atoms with van der Waals surface area (Å²) in [5.74, 6) is -1.50. The summed E-state index contributed by atoms with van der Waals surface area (Å²) in [6.45, 7) is 8.28. The van der Waals surface area contributed by atoms with Crippen molar-refractivity contribution in [2.75, 3.05) is 45.9 Å². The van der Waals surface area contributed by atoms with Gasteiger partial charge in [-0.25, -0.2) is 9.18 Å². The molecule has 0 spiro atoms. The van der Waals surface area contributed by atoms with Gasteiger partial charge in [0, 0.05) is 56.8 Å². The second kappa shape index (κ2) is 12.3. The van der Waals surface area contributed by atoms with Crippen molar-refractivity contribution >= 4 is 28.5 Å². The van der Waals surface area contributed by atoms with E-state index in [2.05, 4.69) is 10.2 Å². The predicted molar refractivity (Wildman–Crippen MR) is 145 cm³/mol. The van der Waals surface area contributed by atoms with Crippen LogP contribution in [0.1, 0.15) is 41.4 Å². The smallest absolute Gasteiger partial charge is 0.341 e. The first kappa shape index (κ1) is 28.0. The number of carboxylic acids is 1. The lowest BCUT2D eigenvalue weighted by Crippen LogP contribution is -2.44. The number of carbonyl (C=O) groups is 1. The molecule has 3 N–H and O–H groups in total. The monoisotopic (exact) mass is 545 g/mol. The summed E-state index contributed by atoms with van der Waals surface area (Å²) in [5, 5.41) is 23.3. The van der Waals surface area contributed by atoms with Crippen LogP contribution in [0.2, 0.25) is 5.02 Å². The van der Waals surface area contributed by atoms with Crippen LogP contribution in [0.5, 0.6) is 5.75 Å². The van der Waals surface area contributed by atoms with Crippen LogP contribution in [0.15, 0.2) is 41.3 Å². The van der Waals surface area contributed by atoms with Gasteiger partial charge in [0.05, 0.1) is 23.2 Å². The van der Waals surface area contributed by atoms with Crippen molar-refractivity contribution < 1.29 is 24.1 Å². The Kier molecular flexibility index (Phi) is 9.04. The van der Waals surface area contributed by atoms with Gasteiger partial charge in [0.25, 0.3) is 0 Å². The highest BCUT2D eigenvalue weighted by Gasteiger charge is 2.23. The maximum Gasteiger partial charge on any atom is 0.341 e. The summed E-state index contributed by atoms with van der Waals surface area (Å²) in [6, 6.07) is 7.53. The van der Waals surface area contributed by atoms with Gasteiger partial charge in [0.15, 0.2) is 0 Å². The van der Waals surface area contributed by atoms with Crippen molar-refractivity contribution in [3.8, 4) is 5.75 Å². The van der Waals surface area contributed by atoms with Gasteiger partial charge in [-0.3, -0.25) is 9.69 Å². The van der Waals surface area contributed by atoms with Crippen LogP contribution in [0, 0.1) is 11.7 Å². The maximum absolute atomic E-state index is 14.8. The summed E-state index contributed by atoms with van der Waals surface area (Å²) in [7, 11) is 0. The number of aromatic carboxylic acids is 1. The molecule has 0 radical (unpaired) electrons. The van der Waals surface area contributed by atoms with Gasteiger partial charge < -0.3 is 24.8 Å². The maximum atomic E-state index is 14.8. The van der Waals surface area contributed by atoms with Crippen LogP contribution in [-0.2, 0) is 6.42 Å². The fraction of sp³-hybridized carbons (Fsp3) is 0.429. The SMILES string of the molecule is CC(C)[C@@H](CO)n1cc(C(=O)O)c(=O)c2cc(Cc3cccc(Cl)c3F)c(OCCN3CCNCC3)cc21. The topological polar surface area (TPSA) is 104 Å². The van der Waals surface area contributed by atoms with E-state index in [4.69, 9.17) is 16.3 Å². The Morgan fingerprint density at radius 1 is 1.21 bits per heavy atom. The molecule has 2 heterocycles. The molecule has 1 fully saturated rings. The van der Waals surface area contributed by atoms with Crippen LogP contribution in [0.4, 0.5) is 4.39 Å². The van der Waals surface area contributed by atoms with Crippen molar-refractivity contribution in [2.45, 2.75) is 26.3 Å². The number of aromatic nitrogens is 1. The zero-order valence-electron chi connectivity index (χ0n) is 21.5. The van der Waals surface area contributed by atoms with Gasteiger partial charge in [0.2, 0.25) is 5.43 Å². The molecule has 10 heteroatoms. The third kappa shape index (κ3) is 6.02. The molecule has 2 aromatic carbocycles. The Hall–Kier alpha value is -2.98. The van der Waals surface area contributed by atoms with Crippen LogP contribution in [-0.4, -0.2) is 71.6 Å². The first-order valence-electron chi connectivity index (χ1n) is 12.8. The van der Waals surface area contributed by atoms with E-state index in [9.17, 15) is 24.2 Å². The molecule has 1 aliphatic rings. The molecule has 204 valence electrons. The van der Waals surface area contributed by atoms with Gasteiger partial charge in [-0.05, 0) is 29.2 Å². The Bertz CT molecular complexity index is 1370. The number of halogens is 2. The second-order valence-electron chi connectivity index (χ2n) is 9.89. The van der Waals surface area contributed by atoms with E-state index >= 15 is 0 Å². The van der Waals surface area contributed by atoms with E-state index in [1.54, 1.807) is 28.8 Å². The zero-order chi connectivity index (χ0) is 27.4.